The molecule has 71 valence electrons. The summed E-state index contributed by atoms with van der Waals surface area (Å²) >= 11 is 0. The summed E-state index contributed by atoms with van der Waals surface area (Å²) in [6, 6.07) is 6.13. The highest BCUT2D eigenvalue weighted by Crippen LogP contribution is 2.22. The Kier molecular flexibility index (Phi) is 3.10. The number of aryl methyl sites for hydroxylation is 2. The van der Waals surface area contributed by atoms with Crippen LogP contribution in [0.15, 0.2) is 18.2 Å². The van der Waals surface area contributed by atoms with Crippen molar-refractivity contribution in [3.63, 3.8) is 0 Å². The molecule has 0 saturated heterocycles. The Morgan fingerprint density at radius 3 is 2.00 bits per heavy atom. The molecule has 0 heterocycles. The zero-order valence-electron chi connectivity index (χ0n) is 8.54. The van der Waals surface area contributed by atoms with Crippen LogP contribution in [0.5, 0.6) is 0 Å². The summed E-state index contributed by atoms with van der Waals surface area (Å²) in [7, 11) is 0. The standard InChI is InChI=1S/C12H17O/c1-8(2)12(13)11-6-9(3)5-10(4)7-11/h5-8,12-13H,1H2,2-4H3. The molecule has 0 spiro atoms. The van der Waals surface area contributed by atoms with Gasteiger partial charge in [-0.25, -0.2) is 0 Å². The summed E-state index contributed by atoms with van der Waals surface area (Å²) in [6.45, 7) is 9.82. The molecule has 2 unspecified atom stereocenters. The molecule has 1 rings (SSSR count). The molecule has 0 aliphatic rings. The zero-order chi connectivity index (χ0) is 10.0. The van der Waals surface area contributed by atoms with E-state index in [1.165, 1.54) is 11.1 Å². The van der Waals surface area contributed by atoms with E-state index in [0.717, 1.165) is 5.56 Å². The van der Waals surface area contributed by atoms with Gasteiger partial charge < -0.3 is 5.11 Å². The van der Waals surface area contributed by atoms with Crippen LogP contribution in [0.25, 0.3) is 0 Å². The van der Waals surface area contributed by atoms with E-state index in [9.17, 15) is 5.11 Å². The lowest BCUT2D eigenvalue weighted by atomic mass is 9.96. The average Bonchev–Trinajstić information content (AvgIpc) is 2.01. The summed E-state index contributed by atoms with van der Waals surface area (Å²) in [4.78, 5) is 0. The first-order valence-corrected chi connectivity index (χ1v) is 4.60. The molecule has 1 aromatic rings. The summed E-state index contributed by atoms with van der Waals surface area (Å²) in [6.07, 6.45) is -0.446. The highest BCUT2D eigenvalue weighted by atomic mass is 16.3. The summed E-state index contributed by atoms with van der Waals surface area (Å²) < 4.78 is 0. The van der Waals surface area contributed by atoms with Crippen molar-refractivity contribution >= 4 is 0 Å². The van der Waals surface area contributed by atoms with Crippen LogP contribution in [0, 0.1) is 26.7 Å². The Balaban J connectivity index is 3.01. The summed E-state index contributed by atoms with van der Waals surface area (Å²) in [5, 5.41) is 9.78. The first-order chi connectivity index (χ1) is 6.00. The van der Waals surface area contributed by atoms with E-state index in [-0.39, 0.29) is 5.92 Å². The van der Waals surface area contributed by atoms with Crippen LogP contribution >= 0.6 is 0 Å². The van der Waals surface area contributed by atoms with Gasteiger partial charge in [-0.15, -0.1) is 0 Å². The maximum atomic E-state index is 9.78. The van der Waals surface area contributed by atoms with Gasteiger partial charge in [-0.3, -0.25) is 0 Å². The van der Waals surface area contributed by atoms with E-state index in [2.05, 4.69) is 13.0 Å². The third kappa shape index (κ3) is 2.56. The van der Waals surface area contributed by atoms with Gasteiger partial charge in [-0.1, -0.05) is 36.2 Å². The van der Waals surface area contributed by atoms with Crippen molar-refractivity contribution in [2.24, 2.45) is 5.92 Å². The van der Waals surface area contributed by atoms with Crippen molar-refractivity contribution < 1.29 is 5.11 Å². The molecule has 0 aliphatic carbocycles. The van der Waals surface area contributed by atoms with E-state index < -0.39 is 6.10 Å². The molecule has 0 aliphatic heterocycles. The molecule has 1 N–H and O–H groups in total. The number of hydrogen-bond donors (Lipinski definition) is 1. The monoisotopic (exact) mass is 177 g/mol. The van der Waals surface area contributed by atoms with Crippen molar-refractivity contribution in [1.29, 1.82) is 0 Å². The third-order valence-electron chi connectivity index (χ3n) is 2.12. The van der Waals surface area contributed by atoms with Crippen molar-refractivity contribution in [1.82, 2.24) is 0 Å². The minimum absolute atomic E-state index is 0.0289. The highest BCUT2D eigenvalue weighted by molar-refractivity contribution is 5.30. The fourth-order valence-electron chi connectivity index (χ4n) is 1.51. The first kappa shape index (κ1) is 10.3. The van der Waals surface area contributed by atoms with Gasteiger partial charge in [0.2, 0.25) is 0 Å². The van der Waals surface area contributed by atoms with E-state index in [1.807, 2.05) is 32.9 Å². The molecule has 0 saturated carbocycles. The average molecular weight is 177 g/mol. The number of aliphatic hydroxyl groups is 1. The Morgan fingerprint density at radius 1 is 1.15 bits per heavy atom. The minimum Gasteiger partial charge on any atom is -0.388 e. The maximum absolute atomic E-state index is 9.78. The predicted molar refractivity (Wildman–Crippen MR) is 55.4 cm³/mol. The zero-order valence-corrected chi connectivity index (χ0v) is 8.54. The molecular weight excluding hydrogens is 160 g/mol. The lowest BCUT2D eigenvalue weighted by Crippen LogP contribution is -2.06. The lowest BCUT2D eigenvalue weighted by molar-refractivity contribution is 0.138. The van der Waals surface area contributed by atoms with Gasteiger partial charge in [-0.2, -0.15) is 0 Å². The van der Waals surface area contributed by atoms with Gasteiger partial charge in [-0.05, 0) is 32.3 Å². The molecule has 0 fully saturated rings. The predicted octanol–water partition coefficient (Wildman–Crippen LogP) is 2.81. The van der Waals surface area contributed by atoms with E-state index in [1.54, 1.807) is 0 Å². The maximum Gasteiger partial charge on any atom is 0.0815 e. The van der Waals surface area contributed by atoms with Gasteiger partial charge in [0.05, 0.1) is 6.10 Å². The second-order valence-electron chi connectivity index (χ2n) is 3.84. The van der Waals surface area contributed by atoms with E-state index in [0.29, 0.717) is 0 Å². The molecule has 1 radical (unpaired) electrons. The second kappa shape index (κ2) is 3.93. The fraction of sp³-hybridized carbons (Fsp3) is 0.417. The van der Waals surface area contributed by atoms with E-state index >= 15 is 0 Å². The molecular formula is C12H17O. The Bertz CT molecular complexity index is 269. The molecule has 0 amide bonds. The number of hydrogen-bond acceptors (Lipinski definition) is 1. The number of benzene rings is 1. The SMILES string of the molecule is [CH2]C(C)C(O)c1cc(C)cc(C)c1. The molecule has 1 nitrogen and oxygen atoms in total. The van der Waals surface area contributed by atoms with Crippen LogP contribution in [0.2, 0.25) is 0 Å². The Labute approximate surface area is 80.4 Å². The normalized spacial score (nSPS) is 13.4. The summed E-state index contributed by atoms with van der Waals surface area (Å²) in [5.74, 6) is 0.0289. The topological polar surface area (TPSA) is 20.2 Å². The van der Waals surface area contributed by atoms with Crippen molar-refractivity contribution in [2.45, 2.75) is 26.9 Å². The Morgan fingerprint density at radius 2 is 1.62 bits per heavy atom. The molecule has 1 heteroatoms. The van der Waals surface area contributed by atoms with Crippen LogP contribution in [0.3, 0.4) is 0 Å². The van der Waals surface area contributed by atoms with Crippen molar-refractivity contribution in [3.8, 4) is 0 Å². The number of rotatable bonds is 2. The molecule has 0 bridgehead atoms. The quantitative estimate of drug-likeness (QED) is 0.736. The van der Waals surface area contributed by atoms with Crippen LogP contribution < -0.4 is 0 Å². The molecule has 13 heavy (non-hydrogen) atoms. The second-order valence-corrected chi connectivity index (χ2v) is 3.84. The van der Waals surface area contributed by atoms with Gasteiger partial charge in [0.1, 0.15) is 0 Å². The van der Waals surface area contributed by atoms with Crippen molar-refractivity contribution in [2.75, 3.05) is 0 Å². The Hall–Kier alpha value is -0.820. The largest absolute Gasteiger partial charge is 0.388 e. The molecule has 0 aromatic heterocycles. The van der Waals surface area contributed by atoms with Gasteiger partial charge in [0.25, 0.3) is 0 Å². The van der Waals surface area contributed by atoms with Crippen LogP contribution in [-0.4, -0.2) is 5.11 Å². The lowest BCUT2D eigenvalue weighted by Gasteiger charge is -2.15. The van der Waals surface area contributed by atoms with Crippen molar-refractivity contribution in [3.05, 3.63) is 41.8 Å². The molecule has 1 aromatic carbocycles. The minimum atomic E-state index is -0.446. The van der Waals surface area contributed by atoms with Gasteiger partial charge in [0.15, 0.2) is 0 Å². The van der Waals surface area contributed by atoms with E-state index in [4.69, 9.17) is 0 Å². The van der Waals surface area contributed by atoms with Gasteiger partial charge >= 0.3 is 0 Å². The summed E-state index contributed by atoms with van der Waals surface area (Å²) in [5.41, 5.74) is 3.35. The highest BCUT2D eigenvalue weighted by Gasteiger charge is 2.12. The number of aliphatic hydroxyl groups excluding tert-OH is 1. The van der Waals surface area contributed by atoms with Gasteiger partial charge in [0, 0.05) is 0 Å². The first-order valence-electron chi connectivity index (χ1n) is 4.60. The fourth-order valence-corrected chi connectivity index (χ4v) is 1.51. The molecule has 2 atom stereocenters. The smallest absolute Gasteiger partial charge is 0.0815 e. The van der Waals surface area contributed by atoms with Crippen LogP contribution in [0.4, 0.5) is 0 Å². The third-order valence-corrected chi connectivity index (χ3v) is 2.12. The van der Waals surface area contributed by atoms with Crippen LogP contribution in [0.1, 0.15) is 29.7 Å². The van der Waals surface area contributed by atoms with Crippen LogP contribution in [-0.2, 0) is 0 Å².